The number of hydrogen-bond donors (Lipinski definition) is 0. The monoisotopic (exact) mass is 251 g/mol. The molecule has 0 saturated heterocycles. The molecule has 0 radical (unpaired) electrons. The van der Waals surface area contributed by atoms with Crippen LogP contribution >= 0.6 is 22.3 Å². The van der Waals surface area contributed by atoms with E-state index in [2.05, 4.69) is 4.98 Å². The Kier molecular flexibility index (Phi) is 2.45. The number of aryl methyl sites for hydroxylation is 2. The standard InChI is InChI=1S/C8H7Cl2NO2S/c9-8-7(14(10,12)13)4-5-2-1-3-6(5)11-8/h4H,1-3H2. The topological polar surface area (TPSA) is 47.0 Å². The van der Waals surface area contributed by atoms with Crippen molar-refractivity contribution >= 4 is 31.3 Å². The summed E-state index contributed by atoms with van der Waals surface area (Å²) in [6.07, 6.45) is 2.70. The summed E-state index contributed by atoms with van der Waals surface area (Å²) < 4.78 is 22.2. The van der Waals surface area contributed by atoms with Crippen LogP contribution in [0.1, 0.15) is 17.7 Å². The largest absolute Gasteiger partial charge is 0.264 e. The quantitative estimate of drug-likeness (QED) is 0.568. The van der Waals surface area contributed by atoms with Gasteiger partial charge in [0.15, 0.2) is 0 Å². The van der Waals surface area contributed by atoms with Gasteiger partial charge in [-0.1, -0.05) is 11.6 Å². The third kappa shape index (κ3) is 1.74. The van der Waals surface area contributed by atoms with Gasteiger partial charge in [0.25, 0.3) is 9.05 Å². The summed E-state index contributed by atoms with van der Waals surface area (Å²) in [6.45, 7) is 0. The Bertz CT molecular complexity index is 484. The third-order valence-corrected chi connectivity index (χ3v) is 3.97. The van der Waals surface area contributed by atoms with Crippen molar-refractivity contribution in [1.29, 1.82) is 0 Å². The molecule has 1 aliphatic rings. The first-order chi connectivity index (χ1) is 6.48. The van der Waals surface area contributed by atoms with Crippen LogP contribution in [0.2, 0.25) is 5.15 Å². The molecule has 1 aromatic rings. The van der Waals surface area contributed by atoms with E-state index in [0.29, 0.717) is 0 Å². The lowest BCUT2D eigenvalue weighted by molar-refractivity contribution is 0.609. The molecule has 0 fully saturated rings. The maximum absolute atomic E-state index is 11.1. The minimum absolute atomic E-state index is 0.0272. The van der Waals surface area contributed by atoms with E-state index >= 15 is 0 Å². The highest BCUT2D eigenvalue weighted by atomic mass is 35.7. The van der Waals surface area contributed by atoms with E-state index in [0.717, 1.165) is 30.5 Å². The third-order valence-electron chi connectivity index (χ3n) is 2.23. The lowest BCUT2D eigenvalue weighted by Crippen LogP contribution is -1.98. The molecule has 0 bridgehead atoms. The van der Waals surface area contributed by atoms with Crippen molar-refractivity contribution < 1.29 is 8.42 Å². The molecule has 6 heteroatoms. The van der Waals surface area contributed by atoms with Crippen molar-refractivity contribution in [3.8, 4) is 0 Å². The van der Waals surface area contributed by atoms with Crippen molar-refractivity contribution in [2.75, 3.05) is 0 Å². The molecule has 1 heterocycles. The van der Waals surface area contributed by atoms with E-state index < -0.39 is 9.05 Å². The van der Waals surface area contributed by atoms with Gasteiger partial charge in [0.2, 0.25) is 0 Å². The molecule has 0 unspecified atom stereocenters. The average Bonchev–Trinajstić information content (AvgIpc) is 2.47. The molecule has 76 valence electrons. The molecule has 0 amide bonds. The maximum atomic E-state index is 11.1. The summed E-state index contributed by atoms with van der Waals surface area (Å²) >= 11 is 5.72. The Morgan fingerprint density at radius 1 is 1.36 bits per heavy atom. The van der Waals surface area contributed by atoms with Gasteiger partial charge in [0.1, 0.15) is 10.0 Å². The molecule has 14 heavy (non-hydrogen) atoms. The second kappa shape index (κ2) is 3.36. The van der Waals surface area contributed by atoms with Gasteiger partial charge in [-0.25, -0.2) is 13.4 Å². The Balaban J connectivity index is 2.65. The van der Waals surface area contributed by atoms with Crippen LogP contribution in [0.5, 0.6) is 0 Å². The van der Waals surface area contributed by atoms with Crippen LogP contribution in [-0.4, -0.2) is 13.4 Å². The van der Waals surface area contributed by atoms with E-state index in [1.54, 1.807) is 0 Å². The van der Waals surface area contributed by atoms with Gasteiger partial charge in [-0.15, -0.1) is 0 Å². The average molecular weight is 252 g/mol. The number of hydrogen-bond acceptors (Lipinski definition) is 3. The summed E-state index contributed by atoms with van der Waals surface area (Å²) in [4.78, 5) is 3.94. The van der Waals surface area contributed by atoms with Crippen LogP contribution in [0.4, 0.5) is 0 Å². The number of fused-ring (bicyclic) bond motifs is 1. The van der Waals surface area contributed by atoms with Crippen LogP contribution in [0, 0.1) is 0 Å². The van der Waals surface area contributed by atoms with Crippen LogP contribution in [0.3, 0.4) is 0 Å². The van der Waals surface area contributed by atoms with Gasteiger partial charge >= 0.3 is 0 Å². The van der Waals surface area contributed by atoms with Crippen molar-refractivity contribution in [3.63, 3.8) is 0 Å². The zero-order valence-corrected chi connectivity index (χ0v) is 9.45. The van der Waals surface area contributed by atoms with Gasteiger partial charge in [-0.3, -0.25) is 0 Å². The van der Waals surface area contributed by atoms with Gasteiger partial charge in [-0.05, 0) is 30.9 Å². The summed E-state index contributed by atoms with van der Waals surface area (Å²) in [5.41, 5.74) is 1.83. The molecule has 0 aliphatic heterocycles. The number of halogens is 2. The SMILES string of the molecule is O=S(=O)(Cl)c1cc2c(nc1Cl)CCC2. The van der Waals surface area contributed by atoms with E-state index in [1.165, 1.54) is 6.07 Å². The number of pyridine rings is 1. The highest BCUT2D eigenvalue weighted by molar-refractivity contribution is 8.13. The van der Waals surface area contributed by atoms with Gasteiger partial charge < -0.3 is 0 Å². The second-order valence-electron chi connectivity index (χ2n) is 3.17. The highest BCUT2D eigenvalue weighted by Gasteiger charge is 2.21. The summed E-state index contributed by atoms with van der Waals surface area (Å²) in [5, 5.41) is -0.0272. The highest BCUT2D eigenvalue weighted by Crippen LogP contribution is 2.29. The Labute approximate surface area is 91.5 Å². The first-order valence-electron chi connectivity index (χ1n) is 4.11. The van der Waals surface area contributed by atoms with Gasteiger partial charge in [0.05, 0.1) is 0 Å². The lowest BCUT2D eigenvalue weighted by Gasteiger charge is -2.03. The minimum atomic E-state index is -3.78. The molecule has 0 aromatic carbocycles. The normalized spacial score (nSPS) is 15.6. The van der Waals surface area contributed by atoms with Crippen LogP contribution < -0.4 is 0 Å². The lowest BCUT2D eigenvalue weighted by atomic mass is 10.2. The fourth-order valence-electron chi connectivity index (χ4n) is 1.60. The first kappa shape index (κ1) is 10.2. The Hall–Kier alpha value is -0.320. The predicted octanol–water partition coefficient (Wildman–Crippen LogP) is 2.15. The van der Waals surface area contributed by atoms with Crippen molar-refractivity contribution in [3.05, 3.63) is 22.5 Å². The predicted molar refractivity (Wildman–Crippen MR) is 54.3 cm³/mol. The van der Waals surface area contributed by atoms with Crippen molar-refractivity contribution in [2.45, 2.75) is 24.2 Å². The molecule has 3 nitrogen and oxygen atoms in total. The molecular formula is C8H7Cl2NO2S. The van der Waals surface area contributed by atoms with E-state index in [9.17, 15) is 8.42 Å². The number of nitrogens with zero attached hydrogens (tertiary/aromatic N) is 1. The summed E-state index contributed by atoms with van der Waals surface area (Å²) in [7, 11) is 1.44. The smallest absolute Gasteiger partial charge is 0.239 e. The Morgan fingerprint density at radius 2 is 2.07 bits per heavy atom. The van der Waals surface area contributed by atoms with Crippen LogP contribution in [-0.2, 0) is 21.9 Å². The van der Waals surface area contributed by atoms with Gasteiger partial charge in [-0.2, -0.15) is 0 Å². The van der Waals surface area contributed by atoms with E-state index in [1.807, 2.05) is 0 Å². The molecule has 2 rings (SSSR count). The van der Waals surface area contributed by atoms with E-state index in [-0.39, 0.29) is 10.0 Å². The second-order valence-corrected chi connectivity index (χ2v) is 6.07. The molecule has 0 spiro atoms. The number of aromatic nitrogens is 1. The Morgan fingerprint density at radius 3 is 2.71 bits per heavy atom. The van der Waals surface area contributed by atoms with Gasteiger partial charge in [0, 0.05) is 16.4 Å². The summed E-state index contributed by atoms with van der Waals surface area (Å²) in [6, 6.07) is 1.53. The molecule has 1 aromatic heterocycles. The zero-order chi connectivity index (χ0) is 10.3. The van der Waals surface area contributed by atoms with Crippen molar-refractivity contribution in [1.82, 2.24) is 4.98 Å². The first-order valence-corrected chi connectivity index (χ1v) is 6.80. The van der Waals surface area contributed by atoms with Crippen LogP contribution in [0.15, 0.2) is 11.0 Å². The maximum Gasteiger partial charge on any atom is 0.264 e. The number of rotatable bonds is 1. The fourth-order valence-corrected chi connectivity index (χ4v) is 3.06. The van der Waals surface area contributed by atoms with Crippen molar-refractivity contribution in [2.24, 2.45) is 0 Å². The molecule has 0 saturated carbocycles. The van der Waals surface area contributed by atoms with E-state index in [4.69, 9.17) is 22.3 Å². The summed E-state index contributed by atoms with van der Waals surface area (Å²) in [5.74, 6) is 0. The van der Waals surface area contributed by atoms with Crippen LogP contribution in [0.25, 0.3) is 0 Å². The molecule has 0 atom stereocenters. The molecular weight excluding hydrogens is 245 g/mol. The minimum Gasteiger partial charge on any atom is -0.239 e. The zero-order valence-electron chi connectivity index (χ0n) is 7.13. The molecule has 1 aliphatic carbocycles. The fraction of sp³-hybridized carbons (Fsp3) is 0.375. The molecule has 0 N–H and O–H groups in total.